The summed E-state index contributed by atoms with van der Waals surface area (Å²) in [6.07, 6.45) is 1.57. The largest absolute Gasteiger partial charge is 0.497 e. The van der Waals surface area contributed by atoms with E-state index >= 15 is 0 Å². The van der Waals surface area contributed by atoms with E-state index < -0.39 is 6.04 Å². The average Bonchev–Trinajstić information content (AvgIpc) is 2.86. The predicted molar refractivity (Wildman–Crippen MR) is 131 cm³/mol. The lowest BCUT2D eigenvalue weighted by atomic mass is 10.0. The molecule has 3 rings (SSSR count). The molecule has 2 amide bonds. The molecule has 0 spiro atoms. The van der Waals surface area contributed by atoms with Gasteiger partial charge in [0, 0.05) is 25.9 Å². The summed E-state index contributed by atoms with van der Waals surface area (Å²) in [4.78, 5) is 28.4. The van der Waals surface area contributed by atoms with Crippen LogP contribution >= 0.6 is 0 Å². The Hall–Kier alpha value is -3.60. The number of amides is 2. The van der Waals surface area contributed by atoms with Crippen LogP contribution in [0.4, 0.5) is 0 Å². The third kappa shape index (κ3) is 7.21. The van der Waals surface area contributed by atoms with E-state index in [-0.39, 0.29) is 11.8 Å². The highest BCUT2D eigenvalue weighted by molar-refractivity contribution is 5.88. The van der Waals surface area contributed by atoms with Crippen LogP contribution in [0.1, 0.15) is 36.5 Å². The average molecular weight is 445 g/mol. The fraction of sp³-hybridized carbons (Fsp3) is 0.286. The van der Waals surface area contributed by atoms with E-state index in [2.05, 4.69) is 5.32 Å². The van der Waals surface area contributed by atoms with Crippen LogP contribution in [0.15, 0.2) is 84.9 Å². The van der Waals surface area contributed by atoms with Crippen molar-refractivity contribution < 1.29 is 14.3 Å². The SMILES string of the molecule is CCCC(=O)N(Cc1ccc(OC)cc1)C(Cc1ccccc1)C(=O)NCc1ccccc1. The molecule has 5 nitrogen and oxygen atoms in total. The summed E-state index contributed by atoms with van der Waals surface area (Å²) in [5.41, 5.74) is 2.99. The fourth-order valence-corrected chi connectivity index (χ4v) is 3.74. The summed E-state index contributed by atoms with van der Waals surface area (Å²) in [6, 6.07) is 26.7. The smallest absolute Gasteiger partial charge is 0.243 e. The normalized spacial score (nSPS) is 11.5. The molecule has 1 unspecified atom stereocenters. The summed E-state index contributed by atoms with van der Waals surface area (Å²) >= 11 is 0. The first-order chi connectivity index (χ1) is 16.1. The van der Waals surface area contributed by atoms with Gasteiger partial charge in [-0.1, -0.05) is 79.7 Å². The van der Waals surface area contributed by atoms with Gasteiger partial charge in [-0.15, -0.1) is 0 Å². The van der Waals surface area contributed by atoms with Gasteiger partial charge in [0.15, 0.2) is 0 Å². The number of ether oxygens (including phenoxy) is 1. The van der Waals surface area contributed by atoms with Gasteiger partial charge < -0.3 is 15.0 Å². The summed E-state index contributed by atoms with van der Waals surface area (Å²) in [5.74, 6) is 0.580. The molecule has 5 heteroatoms. The van der Waals surface area contributed by atoms with Gasteiger partial charge in [0.2, 0.25) is 11.8 Å². The molecular formula is C28H32N2O3. The highest BCUT2D eigenvalue weighted by atomic mass is 16.5. The molecule has 0 radical (unpaired) electrons. The lowest BCUT2D eigenvalue weighted by molar-refractivity contribution is -0.141. The molecule has 3 aromatic rings. The molecule has 0 saturated carbocycles. The number of nitrogens with zero attached hydrogens (tertiary/aromatic N) is 1. The second-order valence-electron chi connectivity index (χ2n) is 8.03. The first-order valence-electron chi connectivity index (χ1n) is 11.4. The van der Waals surface area contributed by atoms with Crippen LogP contribution in [-0.4, -0.2) is 29.9 Å². The summed E-state index contributed by atoms with van der Waals surface area (Å²) in [6.45, 7) is 2.76. The van der Waals surface area contributed by atoms with Crippen LogP contribution in [0.3, 0.4) is 0 Å². The third-order valence-electron chi connectivity index (χ3n) is 5.56. The second-order valence-corrected chi connectivity index (χ2v) is 8.03. The molecule has 0 bridgehead atoms. The zero-order chi connectivity index (χ0) is 23.5. The Balaban J connectivity index is 1.87. The fourth-order valence-electron chi connectivity index (χ4n) is 3.74. The highest BCUT2D eigenvalue weighted by Crippen LogP contribution is 2.18. The van der Waals surface area contributed by atoms with E-state index in [9.17, 15) is 9.59 Å². The number of methoxy groups -OCH3 is 1. The Labute approximate surface area is 196 Å². The van der Waals surface area contributed by atoms with Crippen LogP contribution in [0.2, 0.25) is 0 Å². The lowest BCUT2D eigenvalue weighted by Crippen LogP contribution is -2.50. The molecule has 1 N–H and O–H groups in total. The van der Waals surface area contributed by atoms with Crippen molar-refractivity contribution in [2.75, 3.05) is 7.11 Å². The van der Waals surface area contributed by atoms with Crippen LogP contribution in [0.25, 0.3) is 0 Å². The topological polar surface area (TPSA) is 58.6 Å². The number of benzene rings is 3. The van der Waals surface area contributed by atoms with Crippen molar-refractivity contribution in [3.63, 3.8) is 0 Å². The van der Waals surface area contributed by atoms with Gasteiger partial charge in [0.05, 0.1) is 7.11 Å². The zero-order valence-corrected chi connectivity index (χ0v) is 19.4. The minimum absolute atomic E-state index is 0.0240. The molecule has 0 aliphatic heterocycles. The monoisotopic (exact) mass is 444 g/mol. The Morgan fingerprint density at radius 1 is 0.848 bits per heavy atom. The van der Waals surface area contributed by atoms with Crippen molar-refractivity contribution >= 4 is 11.8 Å². The predicted octanol–water partition coefficient (Wildman–Crippen LogP) is 4.75. The molecule has 0 aromatic heterocycles. The van der Waals surface area contributed by atoms with Crippen LogP contribution in [0, 0.1) is 0 Å². The quantitative estimate of drug-likeness (QED) is 0.464. The Kier molecular flexibility index (Phi) is 9.07. The molecule has 33 heavy (non-hydrogen) atoms. The van der Waals surface area contributed by atoms with Crippen molar-refractivity contribution in [1.29, 1.82) is 0 Å². The number of hydrogen-bond donors (Lipinski definition) is 1. The number of hydrogen-bond acceptors (Lipinski definition) is 3. The lowest BCUT2D eigenvalue weighted by Gasteiger charge is -2.31. The number of carbonyl (C=O) groups is 2. The number of nitrogens with one attached hydrogen (secondary N) is 1. The molecule has 0 heterocycles. The van der Waals surface area contributed by atoms with E-state index in [4.69, 9.17) is 4.74 Å². The molecule has 1 atom stereocenters. The number of carbonyl (C=O) groups excluding carboxylic acids is 2. The van der Waals surface area contributed by atoms with Gasteiger partial charge in [-0.2, -0.15) is 0 Å². The number of rotatable bonds is 11. The first-order valence-corrected chi connectivity index (χ1v) is 11.4. The van der Waals surface area contributed by atoms with E-state index in [1.54, 1.807) is 12.0 Å². The van der Waals surface area contributed by atoms with E-state index in [0.29, 0.717) is 25.9 Å². The zero-order valence-electron chi connectivity index (χ0n) is 19.4. The van der Waals surface area contributed by atoms with E-state index in [0.717, 1.165) is 28.9 Å². The van der Waals surface area contributed by atoms with Gasteiger partial charge in [0.1, 0.15) is 11.8 Å². The molecule has 0 saturated heterocycles. The highest BCUT2D eigenvalue weighted by Gasteiger charge is 2.29. The molecule has 0 fully saturated rings. The van der Waals surface area contributed by atoms with Crippen molar-refractivity contribution in [2.45, 2.75) is 45.3 Å². The van der Waals surface area contributed by atoms with Crippen molar-refractivity contribution in [2.24, 2.45) is 0 Å². The first kappa shape index (κ1) is 24.1. The maximum absolute atomic E-state index is 13.4. The molecule has 0 aliphatic carbocycles. The van der Waals surface area contributed by atoms with Crippen LogP contribution in [0.5, 0.6) is 5.75 Å². The maximum atomic E-state index is 13.4. The van der Waals surface area contributed by atoms with Crippen molar-refractivity contribution in [3.8, 4) is 5.75 Å². The van der Waals surface area contributed by atoms with Gasteiger partial charge in [-0.05, 0) is 35.2 Å². The minimum Gasteiger partial charge on any atom is -0.497 e. The minimum atomic E-state index is -0.614. The van der Waals surface area contributed by atoms with Crippen molar-refractivity contribution in [3.05, 3.63) is 102 Å². The summed E-state index contributed by atoms with van der Waals surface area (Å²) in [7, 11) is 1.62. The second kappa shape index (κ2) is 12.4. The van der Waals surface area contributed by atoms with Gasteiger partial charge in [-0.25, -0.2) is 0 Å². The molecule has 3 aromatic carbocycles. The van der Waals surface area contributed by atoms with Crippen LogP contribution in [-0.2, 0) is 29.1 Å². The van der Waals surface area contributed by atoms with Gasteiger partial charge in [0.25, 0.3) is 0 Å². The van der Waals surface area contributed by atoms with Crippen molar-refractivity contribution in [1.82, 2.24) is 10.2 Å². The Morgan fingerprint density at radius 2 is 1.45 bits per heavy atom. The molecule has 172 valence electrons. The maximum Gasteiger partial charge on any atom is 0.243 e. The van der Waals surface area contributed by atoms with Gasteiger partial charge in [-0.3, -0.25) is 9.59 Å². The molecular weight excluding hydrogens is 412 g/mol. The standard InChI is InChI=1S/C28H32N2O3/c1-3-10-27(31)30(21-24-15-17-25(33-2)18-16-24)26(19-22-11-6-4-7-12-22)28(32)29-20-23-13-8-5-9-14-23/h4-9,11-18,26H,3,10,19-21H2,1-2H3,(H,29,32). The summed E-state index contributed by atoms with van der Waals surface area (Å²) < 4.78 is 5.25. The molecule has 0 aliphatic rings. The Bertz CT molecular complexity index is 1000. The van der Waals surface area contributed by atoms with Crippen LogP contribution < -0.4 is 10.1 Å². The van der Waals surface area contributed by atoms with E-state index in [1.807, 2.05) is 91.9 Å². The van der Waals surface area contributed by atoms with Gasteiger partial charge >= 0.3 is 0 Å². The Morgan fingerprint density at radius 3 is 2.03 bits per heavy atom. The van der Waals surface area contributed by atoms with E-state index in [1.165, 1.54) is 0 Å². The summed E-state index contributed by atoms with van der Waals surface area (Å²) in [5, 5.41) is 3.05. The third-order valence-corrected chi connectivity index (χ3v) is 5.56.